The van der Waals surface area contributed by atoms with E-state index in [0.717, 1.165) is 12.8 Å². The lowest BCUT2D eigenvalue weighted by molar-refractivity contribution is -0.154. The smallest absolute Gasteiger partial charge is 0.348 e. The van der Waals surface area contributed by atoms with Gasteiger partial charge >= 0.3 is 5.97 Å². The van der Waals surface area contributed by atoms with Crippen LogP contribution >= 0.6 is 0 Å². The molecule has 0 aliphatic rings. The van der Waals surface area contributed by atoms with Crippen LogP contribution in [0.4, 0.5) is 0 Å². The number of nitriles is 2. The maximum atomic E-state index is 11.5. The molecule has 0 saturated carbocycles. The summed E-state index contributed by atoms with van der Waals surface area (Å²) in [6, 6.07) is 0. The van der Waals surface area contributed by atoms with Crippen molar-refractivity contribution in [2.45, 2.75) is 38.7 Å². The van der Waals surface area contributed by atoms with Crippen molar-refractivity contribution in [3.63, 3.8) is 0 Å². The average Bonchev–Trinajstić information content (AvgIpc) is 2.34. The predicted molar refractivity (Wildman–Crippen MR) is 57.2 cm³/mol. The number of ether oxygens (including phenoxy) is 3. The zero-order chi connectivity index (χ0) is 12.9. The number of hydrogen-bond acceptors (Lipinski definition) is 6. The van der Waals surface area contributed by atoms with Crippen LogP contribution in [-0.4, -0.2) is 25.3 Å². The molecule has 6 nitrogen and oxygen atoms in total. The molecule has 0 fully saturated rings. The van der Waals surface area contributed by atoms with Gasteiger partial charge in [-0.2, -0.15) is 10.5 Å². The molecular weight excluding hydrogens is 224 g/mol. The Balaban J connectivity index is 3.81. The molecule has 0 heterocycles. The van der Waals surface area contributed by atoms with Gasteiger partial charge in [0.05, 0.1) is 6.61 Å². The van der Waals surface area contributed by atoms with E-state index in [2.05, 4.69) is 9.47 Å². The van der Waals surface area contributed by atoms with Gasteiger partial charge in [0, 0.05) is 6.42 Å². The Bertz CT molecular complexity index is 293. The monoisotopic (exact) mass is 240 g/mol. The second kappa shape index (κ2) is 10.6. The molecule has 6 heteroatoms. The number of esters is 1. The highest BCUT2D eigenvalue weighted by Gasteiger charge is 2.20. The predicted octanol–water partition coefficient (Wildman–Crippen LogP) is 1.47. The zero-order valence-corrected chi connectivity index (χ0v) is 9.85. The second-order valence-corrected chi connectivity index (χ2v) is 3.30. The highest BCUT2D eigenvalue weighted by molar-refractivity contribution is 5.74. The zero-order valence-electron chi connectivity index (χ0n) is 9.85. The molecule has 94 valence electrons. The summed E-state index contributed by atoms with van der Waals surface area (Å²) in [5, 5.41) is 16.5. The van der Waals surface area contributed by atoms with Gasteiger partial charge < -0.3 is 14.2 Å². The van der Waals surface area contributed by atoms with Gasteiger partial charge in [0.25, 0.3) is 12.5 Å². The molecule has 0 aliphatic heterocycles. The van der Waals surface area contributed by atoms with Crippen LogP contribution in [0.2, 0.25) is 0 Å². The van der Waals surface area contributed by atoms with Gasteiger partial charge in [-0.3, -0.25) is 0 Å². The van der Waals surface area contributed by atoms with Crippen molar-refractivity contribution in [1.82, 2.24) is 0 Å². The summed E-state index contributed by atoms with van der Waals surface area (Å²) in [7, 11) is 0. The minimum atomic E-state index is -0.822. The van der Waals surface area contributed by atoms with Crippen LogP contribution in [0, 0.1) is 23.0 Å². The molecule has 0 amide bonds. The van der Waals surface area contributed by atoms with E-state index in [1.54, 1.807) is 0 Å². The van der Waals surface area contributed by atoms with E-state index >= 15 is 0 Å². The molecular formula is C11H16N2O4. The molecule has 0 spiro atoms. The summed E-state index contributed by atoms with van der Waals surface area (Å²) in [6.07, 6.45) is 4.80. The third-order valence-electron chi connectivity index (χ3n) is 1.98. The number of carbonyl (C=O) groups is 1. The van der Waals surface area contributed by atoms with Crippen molar-refractivity contribution in [1.29, 1.82) is 10.5 Å². The molecule has 0 bridgehead atoms. The Morgan fingerprint density at radius 1 is 1.24 bits per heavy atom. The van der Waals surface area contributed by atoms with E-state index in [0.29, 0.717) is 12.8 Å². The van der Waals surface area contributed by atoms with E-state index in [4.69, 9.17) is 15.3 Å². The van der Waals surface area contributed by atoms with E-state index in [9.17, 15) is 4.79 Å². The molecule has 0 rings (SSSR count). The van der Waals surface area contributed by atoms with Crippen LogP contribution in [0.15, 0.2) is 0 Å². The van der Waals surface area contributed by atoms with Crippen molar-refractivity contribution in [3.05, 3.63) is 0 Å². The molecule has 1 atom stereocenters. The van der Waals surface area contributed by atoms with Crippen molar-refractivity contribution < 1.29 is 19.0 Å². The first-order valence-electron chi connectivity index (χ1n) is 5.48. The van der Waals surface area contributed by atoms with Crippen molar-refractivity contribution in [2.75, 3.05) is 13.2 Å². The Morgan fingerprint density at radius 2 is 2.00 bits per heavy atom. The summed E-state index contributed by atoms with van der Waals surface area (Å²) in [4.78, 5) is 11.5. The van der Waals surface area contributed by atoms with Gasteiger partial charge in [-0.1, -0.05) is 13.3 Å². The topological polar surface area (TPSA) is 92.3 Å². The average molecular weight is 240 g/mol. The Labute approximate surface area is 101 Å². The largest absolute Gasteiger partial charge is 0.463 e. The SMILES string of the molecule is CCCCC(OC#N)C(=O)OCCCOC#N. The van der Waals surface area contributed by atoms with Crippen LogP contribution in [0.5, 0.6) is 0 Å². The minimum Gasteiger partial charge on any atom is -0.463 e. The van der Waals surface area contributed by atoms with E-state index in [1.165, 1.54) is 12.5 Å². The first-order chi connectivity index (χ1) is 8.26. The van der Waals surface area contributed by atoms with E-state index < -0.39 is 12.1 Å². The molecule has 0 radical (unpaired) electrons. The molecule has 0 N–H and O–H groups in total. The van der Waals surface area contributed by atoms with Gasteiger partial charge in [0.15, 0.2) is 0 Å². The Hall–Kier alpha value is -1.95. The van der Waals surface area contributed by atoms with Crippen LogP contribution < -0.4 is 0 Å². The molecule has 0 aromatic rings. The van der Waals surface area contributed by atoms with Crippen molar-refractivity contribution >= 4 is 5.97 Å². The van der Waals surface area contributed by atoms with Gasteiger partial charge in [0.1, 0.15) is 6.61 Å². The third kappa shape index (κ3) is 7.92. The summed E-state index contributed by atoms with van der Waals surface area (Å²) in [5.74, 6) is -0.544. The lowest BCUT2D eigenvalue weighted by atomic mass is 10.1. The lowest BCUT2D eigenvalue weighted by Crippen LogP contribution is -2.25. The second-order valence-electron chi connectivity index (χ2n) is 3.30. The Kier molecular flexibility index (Phi) is 9.35. The number of unbranched alkanes of at least 4 members (excludes halogenated alkanes) is 1. The summed E-state index contributed by atoms with van der Waals surface area (Å²) in [6.45, 7) is 2.34. The van der Waals surface area contributed by atoms with Gasteiger partial charge in [-0.05, 0) is 12.8 Å². The molecule has 0 saturated heterocycles. The van der Waals surface area contributed by atoms with Crippen LogP contribution in [-0.2, 0) is 19.0 Å². The van der Waals surface area contributed by atoms with Gasteiger partial charge in [-0.15, -0.1) is 0 Å². The highest BCUT2D eigenvalue weighted by Crippen LogP contribution is 2.06. The summed E-state index contributed by atoms with van der Waals surface area (Å²) in [5.41, 5.74) is 0. The lowest BCUT2D eigenvalue weighted by Gasteiger charge is -2.12. The van der Waals surface area contributed by atoms with Crippen LogP contribution in [0.3, 0.4) is 0 Å². The fraction of sp³-hybridized carbons (Fsp3) is 0.727. The number of rotatable bonds is 9. The first-order valence-corrected chi connectivity index (χ1v) is 5.48. The number of carbonyl (C=O) groups excluding carboxylic acids is 1. The molecule has 0 aromatic heterocycles. The molecule has 0 aliphatic carbocycles. The fourth-order valence-corrected chi connectivity index (χ4v) is 1.12. The van der Waals surface area contributed by atoms with Crippen molar-refractivity contribution in [3.8, 4) is 12.5 Å². The van der Waals surface area contributed by atoms with E-state index in [1.807, 2.05) is 6.92 Å². The standard InChI is InChI=1S/C11H16N2O4/c1-2-3-5-10(17-9-13)11(14)16-7-4-6-15-8-12/h10H,2-7H2,1H3. The maximum Gasteiger partial charge on any atom is 0.348 e. The normalized spacial score (nSPS) is 10.8. The molecule has 17 heavy (non-hydrogen) atoms. The van der Waals surface area contributed by atoms with Crippen LogP contribution in [0.25, 0.3) is 0 Å². The third-order valence-corrected chi connectivity index (χ3v) is 1.98. The highest BCUT2D eigenvalue weighted by atomic mass is 16.6. The maximum absolute atomic E-state index is 11.5. The van der Waals surface area contributed by atoms with E-state index in [-0.39, 0.29) is 13.2 Å². The van der Waals surface area contributed by atoms with Crippen LogP contribution in [0.1, 0.15) is 32.6 Å². The number of nitrogens with zero attached hydrogens (tertiary/aromatic N) is 2. The molecule has 0 aromatic carbocycles. The van der Waals surface area contributed by atoms with Crippen molar-refractivity contribution in [2.24, 2.45) is 0 Å². The quantitative estimate of drug-likeness (QED) is 0.344. The first kappa shape index (κ1) is 15.0. The summed E-state index contributed by atoms with van der Waals surface area (Å²) >= 11 is 0. The molecule has 1 unspecified atom stereocenters. The fourth-order valence-electron chi connectivity index (χ4n) is 1.12. The summed E-state index contributed by atoms with van der Waals surface area (Å²) < 4.78 is 13.9. The van der Waals surface area contributed by atoms with Gasteiger partial charge in [0.2, 0.25) is 6.10 Å². The Morgan fingerprint density at radius 3 is 2.59 bits per heavy atom. The van der Waals surface area contributed by atoms with Gasteiger partial charge in [-0.25, -0.2) is 4.79 Å². The number of hydrogen-bond donors (Lipinski definition) is 0. The minimum absolute atomic E-state index is 0.151.